The summed E-state index contributed by atoms with van der Waals surface area (Å²) in [5, 5.41) is 5.95. The Hall–Kier alpha value is -2.07. The normalized spacial score (nSPS) is 20.8. The zero-order valence-electron chi connectivity index (χ0n) is 14.7. The fourth-order valence-electron chi connectivity index (χ4n) is 2.96. The third-order valence-corrected chi connectivity index (χ3v) is 4.19. The van der Waals surface area contributed by atoms with E-state index in [9.17, 15) is 4.79 Å². The maximum atomic E-state index is 12.1. The van der Waals surface area contributed by atoms with E-state index in [-0.39, 0.29) is 18.2 Å². The predicted octanol–water partition coefficient (Wildman–Crippen LogP) is 4.58. The number of aryl methyl sites for hydroxylation is 1. The molecular weight excluding hydrogens is 300 g/mol. The molecule has 1 saturated carbocycles. The first-order valence-corrected chi connectivity index (χ1v) is 8.63. The molecule has 2 amide bonds. The van der Waals surface area contributed by atoms with Crippen LogP contribution >= 0.6 is 0 Å². The lowest BCUT2D eigenvalue weighted by Gasteiger charge is -2.29. The number of anilines is 1. The van der Waals surface area contributed by atoms with Gasteiger partial charge in [-0.25, -0.2) is 4.79 Å². The van der Waals surface area contributed by atoms with Crippen LogP contribution in [0.2, 0.25) is 0 Å². The van der Waals surface area contributed by atoms with Gasteiger partial charge in [0.05, 0.1) is 12.7 Å². The summed E-state index contributed by atoms with van der Waals surface area (Å²) in [6.45, 7) is 8.52. The highest BCUT2D eigenvalue weighted by Gasteiger charge is 2.22. The van der Waals surface area contributed by atoms with Crippen molar-refractivity contribution in [1.82, 2.24) is 5.32 Å². The fraction of sp³-hybridized carbons (Fsp3) is 0.450. The van der Waals surface area contributed by atoms with Crippen LogP contribution in [-0.4, -0.2) is 24.8 Å². The maximum Gasteiger partial charge on any atom is 0.319 e. The number of rotatable bonds is 6. The molecule has 1 aromatic rings. The van der Waals surface area contributed by atoms with Crippen LogP contribution in [0.5, 0.6) is 0 Å². The standard InChI is InChI=1S/C20H28N2O2/c1-4-6-16(3)14-24-19-11-9-17(10-12-19)21-20(23)22-18-8-5-7-15(2)13-18/h4-8,13,17,19H,3,9-12,14H2,1-2H3,(H2,21,22,23)/b6-4-. The first kappa shape index (κ1) is 18.3. The van der Waals surface area contributed by atoms with E-state index in [0.717, 1.165) is 42.5 Å². The molecule has 4 nitrogen and oxygen atoms in total. The zero-order chi connectivity index (χ0) is 17.4. The molecule has 24 heavy (non-hydrogen) atoms. The second-order valence-corrected chi connectivity index (χ2v) is 6.41. The van der Waals surface area contributed by atoms with Crippen LogP contribution < -0.4 is 10.6 Å². The number of amides is 2. The van der Waals surface area contributed by atoms with Crippen molar-refractivity contribution in [2.75, 3.05) is 11.9 Å². The number of urea groups is 1. The Morgan fingerprint density at radius 2 is 2.08 bits per heavy atom. The number of carbonyl (C=O) groups is 1. The highest BCUT2D eigenvalue weighted by atomic mass is 16.5. The van der Waals surface area contributed by atoms with Crippen LogP contribution in [-0.2, 0) is 4.74 Å². The Morgan fingerprint density at radius 1 is 1.33 bits per heavy atom. The third-order valence-electron chi connectivity index (χ3n) is 4.19. The average molecular weight is 328 g/mol. The van der Waals surface area contributed by atoms with Gasteiger partial charge >= 0.3 is 6.03 Å². The SMILES string of the molecule is C=C(/C=C\C)COC1CCC(NC(=O)Nc2cccc(C)c2)CC1. The smallest absolute Gasteiger partial charge is 0.319 e. The quantitative estimate of drug-likeness (QED) is 0.751. The van der Waals surface area contributed by atoms with Gasteiger partial charge in [0.2, 0.25) is 0 Å². The molecule has 0 atom stereocenters. The lowest BCUT2D eigenvalue weighted by Crippen LogP contribution is -2.41. The van der Waals surface area contributed by atoms with E-state index in [0.29, 0.717) is 6.61 Å². The fourth-order valence-corrected chi connectivity index (χ4v) is 2.96. The molecule has 0 radical (unpaired) electrons. The minimum Gasteiger partial charge on any atom is -0.374 e. The maximum absolute atomic E-state index is 12.1. The summed E-state index contributed by atoms with van der Waals surface area (Å²) in [7, 11) is 0. The van der Waals surface area contributed by atoms with Crippen LogP contribution in [0.25, 0.3) is 0 Å². The molecule has 1 aliphatic rings. The molecule has 0 saturated heterocycles. The monoisotopic (exact) mass is 328 g/mol. The highest BCUT2D eigenvalue weighted by Crippen LogP contribution is 2.22. The number of benzene rings is 1. The lowest BCUT2D eigenvalue weighted by atomic mass is 9.93. The van der Waals surface area contributed by atoms with Crippen LogP contribution in [0.4, 0.5) is 10.5 Å². The van der Waals surface area contributed by atoms with Crippen molar-refractivity contribution in [3.63, 3.8) is 0 Å². The van der Waals surface area contributed by atoms with Crippen molar-refractivity contribution in [2.24, 2.45) is 0 Å². The Balaban J connectivity index is 1.69. The van der Waals surface area contributed by atoms with Gasteiger partial charge in [-0.2, -0.15) is 0 Å². The number of carbonyl (C=O) groups excluding carboxylic acids is 1. The average Bonchev–Trinajstić information content (AvgIpc) is 2.54. The molecule has 1 fully saturated rings. The van der Waals surface area contributed by atoms with Crippen LogP contribution in [0, 0.1) is 6.92 Å². The number of nitrogens with one attached hydrogen (secondary N) is 2. The Bertz CT molecular complexity index is 587. The molecule has 2 rings (SSSR count). The molecule has 0 unspecified atom stereocenters. The number of hydrogen-bond donors (Lipinski definition) is 2. The van der Waals surface area contributed by atoms with Gasteiger partial charge < -0.3 is 15.4 Å². The van der Waals surface area contributed by atoms with Gasteiger partial charge in [-0.05, 0) is 62.8 Å². The zero-order valence-corrected chi connectivity index (χ0v) is 14.7. The number of hydrogen-bond acceptors (Lipinski definition) is 2. The van der Waals surface area contributed by atoms with Gasteiger partial charge in [0.15, 0.2) is 0 Å². The van der Waals surface area contributed by atoms with E-state index in [1.165, 1.54) is 0 Å². The largest absolute Gasteiger partial charge is 0.374 e. The van der Waals surface area contributed by atoms with E-state index in [1.54, 1.807) is 0 Å². The van der Waals surface area contributed by atoms with Gasteiger partial charge in [-0.3, -0.25) is 0 Å². The van der Waals surface area contributed by atoms with Crippen molar-refractivity contribution < 1.29 is 9.53 Å². The van der Waals surface area contributed by atoms with Crippen molar-refractivity contribution in [1.29, 1.82) is 0 Å². The Morgan fingerprint density at radius 3 is 2.75 bits per heavy atom. The molecule has 130 valence electrons. The van der Waals surface area contributed by atoms with Crippen molar-refractivity contribution in [2.45, 2.75) is 51.7 Å². The minimum absolute atomic E-state index is 0.133. The Kier molecular flexibility index (Phi) is 7.07. The van der Waals surface area contributed by atoms with Gasteiger partial charge in [-0.1, -0.05) is 30.9 Å². The summed E-state index contributed by atoms with van der Waals surface area (Å²) < 4.78 is 5.88. The summed E-state index contributed by atoms with van der Waals surface area (Å²) in [5.74, 6) is 0. The number of ether oxygens (including phenoxy) is 1. The van der Waals surface area contributed by atoms with E-state index in [1.807, 2.05) is 50.3 Å². The van der Waals surface area contributed by atoms with Gasteiger partial charge in [0.1, 0.15) is 0 Å². The first-order valence-electron chi connectivity index (χ1n) is 8.63. The molecule has 1 aromatic carbocycles. The third kappa shape index (κ3) is 6.20. The van der Waals surface area contributed by atoms with Gasteiger partial charge in [-0.15, -0.1) is 0 Å². The molecule has 0 heterocycles. The van der Waals surface area contributed by atoms with Crippen LogP contribution in [0.1, 0.15) is 38.2 Å². The predicted molar refractivity (Wildman–Crippen MR) is 99.3 cm³/mol. The van der Waals surface area contributed by atoms with Crippen LogP contribution in [0.3, 0.4) is 0 Å². The molecule has 0 spiro atoms. The molecule has 0 aromatic heterocycles. The lowest BCUT2D eigenvalue weighted by molar-refractivity contribution is 0.0381. The van der Waals surface area contributed by atoms with Crippen molar-refractivity contribution in [3.8, 4) is 0 Å². The summed E-state index contributed by atoms with van der Waals surface area (Å²) in [6.07, 6.45) is 8.05. The summed E-state index contributed by atoms with van der Waals surface area (Å²) >= 11 is 0. The van der Waals surface area contributed by atoms with E-state index in [4.69, 9.17) is 4.74 Å². The topological polar surface area (TPSA) is 50.4 Å². The van der Waals surface area contributed by atoms with E-state index < -0.39 is 0 Å². The van der Waals surface area contributed by atoms with Crippen molar-refractivity contribution >= 4 is 11.7 Å². The summed E-state index contributed by atoms with van der Waals surface area (Å²) in [4.78, 5) is 12.1. The summed E-state index contributed by atoms with van der Waals surface area (Å²) in [5.41, 5.74) is 2.95. The second kappa shape index (κ2) is 9.28. The molecule has 4 heteroatoms. The molecule has 0 bridgehead atoms. The number of allylic oxidation sites excluding steroid dienone is 1. The second-order valence-electron chi connectivity index (χ2n) is 6.41. The van der Waals surface area contributed by atoms with E-state index >= 15 is 0 Å². The molecule has 0 aliphatic heterocycles. The van der Waals surface area contributed by atoms with Crippen molar-refractivity contribution in [3.05, 3.63) is 54.1 Å². The highest BCUT2D eigenvalue weighted by molar-refractivity contribution is 5.89. The van der Waals surface area contributed by atoms with E-state index in [2.05, 4.69) is 17.2 Å². The molecule has 1 aliphatic carbocycles. The van der Waals surface area contributed by atoms with Gasteiger partial charge in [0, 0.05) is 11.7 Å². The Labute approximate surface area is 145 Å². The molecular formula is C20H28N2O2. The summed E-state index contributed by atoms with van der Waals surface area (Å²) in [6, 6.07) is 7.89. The van der Waals surface area contributed by atoms with Gasteiger partial charge in [0.25, 0.3) is 0 Å². The molecule has 2 N–H and O–H groups in total. The van der Waals surface area contributed by atoms with Crippen LogP contribution in [0.15, 0.2) is 48.6 Å². The minimum atomic E-state index is -0.133. The first-order chi connectivity index (χ1) is 11.6.